The Morgan fingerprint density at radius 1 is 0.375 bits per heavy atom. The molecular formula is HB4NNa12O15. The molecule has 0 atom stereocenters. The first-order chi connectivity index (χ1) is 8.66. The molecular weight excluding hydrogens is 573 g/mol. The van der Waals surface area contributed by atoms with E-state index in [9.17, 15) is 0 Å². The summed E-state index contributed by atoms with van der Waals surface area (Å²) in [4.78, 5) is 8.36. The van der Waals surface area contributed by atoms with Crippen LogP contribution in [0.5, 0.6) is 0 Å². The van der Waals surface area contributed by atoms with Gasteiger partial charge in [-0.2, -0.15) is 0 Å². The Morgan fingerprint density at radius 2 is 0.375 bits per heavy atom. The molecule has 0 rings (SSSR count). The fraction of sp³-hybridized carbons (Fsp3) is 0. The molecule has 32 heavy (non-hydrogen) atoms. The molecule has 0 bridgehead atoms. The number of hydrogen-bond donors (Lipinski definition) is 1. The fourth-order valence-electron chi connectivity index (χ4n) is 0. The van der Waals surface area contributed by atoms with Crippen LogP contribution in [-0.4, -0.2) is 39.6 Å². The molecule has 32 heteroatoms. The van der Waals surface area contributed by atoms with Gasteiger partial charge in [0.15, 0.2) is 0 Å². The number of hydrogen-bond acceptors (Lipinski definition) is 14. The van der Waals surface area contributed by atoms with Gasteiger partial charge in [-0.3, -0.25) is 29.3 Å². The Labute approximate surface area is 452 Å². The topological polar surface area (TPSA) is 340 Å². The van der Waals surface area contributed by atoms with Crippen molar-refractivity contribution in [3.05, 3.63) is 10.1 Å². The largest absolute Gasteiger partial charge is 1.00 e. The van der Waals surface area contributed by atoms with E-state index in [1.54, 1.807) is 0 Å². The molecule has 0 saturated carbocycles. The molecule has 0 heterocycles. The van der Waals surface area contributed by atoms with Gasteiger partial charge in [0.05, 0.1) is 0 Å². The fourth-order valence-corrected chi connectivity index (χ4v) is 0. The third kappa shape index (κ3) is 543. The molecule has 0 aromatic rings. The molecule has 0 amide bonds. The van der Waals surface area contributed by atoms with Gasteiger partial charge in [-0.25, -0.2) is 0 Å². The van der Waals surface area contributed by atoms with Crippen LogP contribution in [0.25, 0.3) is 0 Å². The molecule has 0 unspecified atom stereocenters. The van der Waals surface area contributed by atoms with Gasteiger partial charge in [0.25, 0.3) is 5.09 Å². The molecule has 16 nitrogen and oxygen atoms in total. The van der Waals surface area contributed by atoms with E-state index in [4.69, 9.17) is 75.6 Å². The van der Waals surface area contributed by atoms with Crippen LogP contribution >= 0.6 is 0 Å². The predicted octanol–water partition coefficient (Wildman–Crippen LogP) is -52.1. The summed E-state index contributed by atoms with van der Waals surface area (Å²) in [5.74, 6) is 0. The van der Waals surface area contributed by atoms with E-state index < -0.39 is 34.4 Å². The summed E-state index contributed by atoms with van der Waals surface area (Å²) < 4.78 is 0. The molecule has 0 spiro atoms. The summed E-state index contributed by atoms with van der Waals surface area (Å²) in [7, 11) is -11.7. The average Bonchev–Trinajstić information content (AvgIpc) is 1.94. The van der Waals surface area contributed by atoms with Gasteiger partial charge < -0.3 is 65.5 Å². The zero-order valence-corrected chi connectivity index (χ0v) is 44.9. The zero-order chi connectivity index (χ0) is 17.9. The molecule has 0 aliphatic carbocycles. The van der Waals surface area contributed by atoms with Crippen molar-refractivity contribution in [3.63, 3.8) is 0 Å². The van der Waals surface area contributed by atoms with Gasteiger partial charge in [0, 0.05) is 0 Å². The van der Waals surface area contributed by atoms with Crippen molar-refractivity contribution in [2.45, 2.75) is 0 Å². The third-order valence-electron chi connectivity index (χ3n) is 0. The van der Waals surface area contributed by atoms with Crippen molar-refractivity contribution in [1.29, 1.82) is 0 Å². The van der Waals surface area contributed by atoms with Crippen LogP contribution in [0.3, 0.4) is 0 Å². The van der Waals surface area contributed by atoms with E-state index in [0.29, 0.717) is 0 Å². The Balaban J connectivity index is -0.00000000536. The smallest absolute Gasteiger partial charge is 0.907 e. The first-order valence-corrected chi connectivity index (χ1v) is 3.39. The van der Waals surface area contributed by atoms with E-state index in [1.807, 2.05) is 0 Å². The van der Waals surface area contributed by atoms with Crippen molar-refractivity contribution >= 4 is 29.3 Å². The summed E-state index contributed by atoms with van der Waals surface area (Å²) in [6.07, 6.45) is 0. The van der Waals surface area contributed by atoms with Gasteiger partial charge in [0.2, 0.25) is 0 Å². The minimum atomic E-state index is -2.92. The van der Waals surface area contributed by atoms with E-state index in [1.165, 1.54) is 0 Å². The predicted molar refractivity (Wildman–Crippen MR) is 31.8 cm³/mol. The van der Waals surface area contributed by atoms with Gasteiger partial charge in [0.1, 0.15) is 0 Å². The van der Waals surface area contributed by atoms with Gasteiger partial charge in [-0.05, 0) is 0 Å². The molecule has 120 valence electrons. The Hall–Kier alpha value is 11.0. The Morgan fingerprint density at radius 3 is 0.375 bits per heavy atom. The van der Waals surface area contributed by atoms with Crippen LogP contribution in [0.1, 0.15) is 0 Å². The van der Waals surface area contributed by atoms with Crippen molar-refractivity contribution in [1.82, 2.24) is 0 Å². The first kappa shape index (κ1) is 112. The van der Waals surface area contributed by atoms with E-state index in [2.05, 4.69) is 0 Å². The second-order valence-electron chi connectivity index (χ2n) is 1.39. The maximum Gasteiger partial charge on any atom is 1.00 e. The molecule has 1 N–H and O–H groups in total. The SMILES string of the molecule is O=[N+]([O-])O.[Na+].[Na+].[Na+].[Na+].[Na+].[Na+].[Na+].[Na+].[Na+].[Na+].[Na+].[Na+].[O-]B([O-])[O-].[O-]B([O-])[O-].[O-]B([O-])[O-].[O-]B([O-])[O-]. The van der Waals surface area contributed by atoms with E-state index in [0.717, 1.165) is 0 Å². The summed E-state index contributed by atoms with van der Waals surface area (Å²) in [6.45, 7) is 0. The minimum Gasteiger partial charge on any atom is -0.907 e. The molecule has 0 aromatic carbocycles. The summed E-state index contributed by atoms with van der Waals surface area (Å²) >= 11 is 0. The molecule has 0 radical (unpaired) electrons. The number of nitrogens with zero attached hydrogens (tertiary/aromatic N) is 1. The number of rotatable bonds is 0. The monoisotopic (exact) mass is 575 g/mol. The van der Waals surface area contributed by atoms with Crippen LogP contribution in [0.2, 0.25) is 0 Å². The van der Waals surface area contributed by atoms with Crippen LogP contribution in [0.4, 0.5) is 0 Å². The van der Waals surface area contributed by atoms with Crippen molar-refractivity contribution < 1.29 is 425 Å². The summed E-state index contributed by atoms with van der Waals surface area (Å²) in [5, 5.41) is 115. The van der Waals surface area contributed by atoms with Gasteiger partial charge in [-0.1, -0.05) is 0 Å². The van der Waals surface area contributed by atoms with Gasteiger partial charge in [-0.15, -0.1) is 10.1 Å². The van der Waals surface area contributed by atoms with Crippen LogP contribution in [-0.2, 0) is 0 Å². The van der Waals surface area contributed by atoms with Crippen LogP contribution in [0, 0.1) is 10.1 Å². The summed E-state index contributed by atoms with van der Waals surface area (Å²) in [6, 6.07) is 0. The minimum absolute atomic E-state index is 0. The normalized spacial score (nSPS) is 4.12. The van der Waals surface area contributed by atoms with Crippen molar-refractivity contribution in [2.24, 2.45) is 0 Å². The molecule has 0 aromatic heterocycles. The molecule has 0 aliphatic heterocycles. The van der Waals surface area contributed by atoms with E-state index >= 15 is 0 Å². The zero-order valence-electron chi connectivity index (χ0n) is 20.9. The Kier molecular flexibility index (Phi) is 366. The van der Waals surface area contributed by atoms with Crippen molar-refractivity contribution in [2.75, 3.05) is 0 Å². The van der Waals surface area contributed by atoms with Crippen LogP contribution in [0.15, 0.2) is 0 Å². The van der Waals surface area contributed by atoms with Crippen molar-refractivity contribution in [3.8, 4) is 0 Å². The standard InChI is InChI=1S/4BO3.HNO3.12Na/c5*2-1(3)4;;;;;;;;;;;;/h;;;;(H,2,3,4);;;;;;;;;;;;/q4*-3;;12*+1. The quantitative estimate of drug-likeness (QED) is 0.159. The average molecular weight is 574 g/mol. The third-order valence-corrected chi connectivity index (χ3v) is 0. The van der Waals surface area contributed by atoms with Gasteiger partial charge >= 0.3 is 355 Å². The maximum atomic E-state index is 8.42. The Bertz CT molecular complexity index is 149. The molecule has 0 saturated heterocycles. The molecule has 0 aliphatic rings. The molecule has 0 fully saturated rings. The van der Waals surface area contributed by atoms with Crippen LogP contribution < -0.4 is 415 Å². The van der Waals surface area contributed by atoms with E-state index in [-0.39, 0.29) is 355 Å². The second kappa shape index (κ2) is 104. The maximum absolute atomic E-state index is 8.42. The first-order valence-electron chi connectivity index (χ1n) is 3.39. The second-order valence-corrected chi connectivity index (χ2v) is 1.39. The summed E-state index contributed by atoms with van der Waals surface area (Å²) in [5.41, 5.74) is 0.